The standard InChI is InChI=1S/C22H15N3O3/c1-26-18-10-12-20(13-11-18)27-19-8-6-16(7-9-19)21-24-22(28-25-21)17-4-2-15(14-23)3-5-17/h2-13H,1H3. The second-order valence-corrected chi connectivity index (χ2v) is 5.91. The van der Waals surface area contributed by atoms with Crippen molar-refractivity contribution >= 4 is 0 Å². The minimum Gasteiger partial charge on any atom is -0.497 e. The normalized spacial score (nSPS) is 10.3. The molecule has 0 amide bonds. The molecule has 0 saturated heterocycles. The number of aromatic nitrogens is 2. The molecule has 0 aliphatic carbocycles. The largest absolute Gasteiger partial charge is 0.497 e. The molecule has 6 heteroatoms. The van der Waals surface area contributed by atoms with Gasteiger partial charge in [-0.2, -0.15) is 10.2 Å². The molecule has 0 N–H and O–H groups in total. The minimum absolute atomic E-state index is 0.401. The Morgan fingerprint density at radius 2 is 1.36 bits per heavy atom. The number of rotatable bonds is 5. The highest BCUT2D eigenvalue weighted by atomic mass is 16.5. The Hall–Kier alpha value is -4.11. The van der Waals surface area contributed by atoms with E-state index in [9.17, 15) is 0 Å². The summed E-state index contributed by atoms with van der Waals surface area (Å²) in [5.74, 6) is 3.08. The molecule has 0 aliphatic heterocycles. The smallest absolute Gasteiger partial charge is 0.258 e. The van der Waals surface area contributed by atoms with Crippen LogP contribution in [0.5, 0.6) is 17.2 Å². The van der Waals surface area contributed by atoms with Gasteiger partial charge in [0.1, 0.15) is 17.2 Å². The van der Waals surface area contributed by atoms with Crippen LogP contribution in [0.1, 0.15) is 5.56 Å². The number of ether oxygens (including phenoxy) is 2. The van der Waals surface area contributed by atoms with Crippen molar-refractivity contribution in [2.75, 3.05) is 7.11 Å². The molecule has 0 bridgehead atoms. The third-order valence-electron chi connectivity index (χ3n) is 4.09. The van der Waals surface area contributed by atoms with Crippen LogP contribution in [0.25, 0.3) is 22.8 Å². The first-order chi connectivity index (χ1) is 13.7. The highest BCUT2D eigenvalue weighted by Gasteiger charge is 2.11. The molecule has 0 spiro atoms. The van der Waals surface area contributed by atoms with Gasteiger partial charge in [0.25, 0.3) is 5.89 Å². The summed E-state index contributed by atoms with van der Waals surface area (Å²) in [5, 5.41) is 12.9. The van der Waals surface area contributed by atoms with Gasteiger partial charge in [0.15, 0.2) is 0 Å². The average Bonchev–Trinajstić information content (AvgIpc) is 3.25. The SMILES string of the molecule is COc1ccc(Oc2ccc(-c3noc(-c4ccc(C#N)cc4)n3)cc2)cc1. The van der Waals surface area contributed by atoms with Crippen LogP contribution in [0.3, 0.4) is 0 Å². The molecule has 0 atom stereocenters. The molecule has 0 aliphatic rings. The molecule has 0 saturated carbocycles. The van der Waals surface area contributed by atoms with Gasteiger partial charge >= 0.3 is 0 Å². The van der Waals surface area contributed by atoms with Crippen LogP contribution >= 0.6 is 0 Å². The van der Waals surface area contributed by atoms with Crippen LogP contribution in [0.4, 0.5) is 0 Å². The van der Waals surface area contributed by atoms with Gasteiger partial charge in [0.05, 0.1) is 18.7 Å². The molecular weight excluding hydrogens is 354 g/mol. The van der Waals surface area contributed by atoms with Crippen molar-refractivity contribution in [1.29, 1.82) is 5.26 Å². The molecule has 3 aromatic carbocycles. The van der Waals surface area contributed by atoms with E-state index in [4.69, 9.17) is 19.3 Å². The Balaban J connectivity index is 1.49. The van der Waals surface area contributed by atoms with Gasteiger partial charge in [-0.05, 0) is 72.8 Å². The van der Waals surface area contributed by atoms with E-state index in [0.717, 1.165) is 22.6 Å². The second-order valence-electron chi connectivity index (χ2n) is 5.91. The first-order valence-electron chi connectivity index (χ1n) is 8.52. The Morgan fingerprint density at radius 1 is 0.786 bits per heavy atom. The maximum Gasteiger partial charge on any atom is 0.258 e. The molecule has 0 radical (unpaired) electrons. The van der Waals surface area contributed by atoms with Gasteiger partial charge in [0, 0.05) is 11.1 Å². The number of benzene rings is 3. The monoisotopic (exact) mass is 369 g/mol. The quantitative estimate of drug-likeness (QED) is 0.488. The Bertz CT molecular complexity index is 1110. The summed E-state index contributed by atoms with van der Waals surface area (Å²) in [6.45, 7) is 0. The van der Waals surface area contributed by atoms with Crippen LogP contribution in [0.2, 0.25) is 0 Å². The first kappa shape index (κ1) is 17.3. The van der Waals surface area contributed by atoms with Crippen molar-refractivity contribution in [3.63, 3.8) is 0 Å². The zero-order chi connectivity index (χ0) is 19.3. The minimum atomic E-state index is 0.401. The average molecular weight is 369 g/mol. The molecule has 4 aromatic rings. The van der Waals surface area contributed by atoms with Crippen LogP contribution < -0.4 is 9.47 Å². The maximum absolute atomic E-state index is 8.87. The first-order valence-corrected chi connectivity index (χ1v) is 8.52. The fourth-order valence-electron chi connectivity index (χ4n) is 2.60. The van der Waals surface area contributed by atoms with Crippen LogP contribution in [-0.4, -0.2) is 17.3 Å². The lowest BCUT2D eigenvalue weighted by molar-refractivity contribution is 0.413. The lowest BCUT2D eigenvalue weighted by Crippen LogP contribution is -1.86. The number of nitriles is 1. The summed E-state index contributed by atoms with van der Waals surface area (Å²) >= 11 is 0. The van der Waals surface area contributed by atoms with Crippen molar-refractivity contribution < 1.29 is 14.0 Å². The molecule has 136 valence electrons. The molecule has 0 unspecified atom stereocenters. The van der Waals surface area contributed by atoms with Crippen LogP contribution in [0, 0.1) is 11.3 Å². The molecule has 6 nitrogen and oxygen atoms in total. The summed E-state index contributed by atoms with van der Waals surface area (Å²) in [6, 6.07) is 23.9. The third kappa shape index (κ3) is 3.69. The number of methoxy groups -OCH3 is 1. The van der Waals surface area contributed by atoms with Crippen molar-refractivity contribution in [3.8, 4) is 46.2 Å². The van der Waals surface area contributed by atoms with Gasteiger partial charge in [-0.15, -0.1) is 0 Å². The predicted octanol–water partition coefficient (Wildman–Crippen LogP) is 5.08. The molecule has 1 heterocycles. The third-order valence-corrected chi connectivity index (χ3v) is 4.09. The second kappa shape index (κ2) is 7.64. The Kier molecular flexibility index (Phi) is 4.72. The van der Waals surface area contributed by atoms with Gasteiger partial charge in [-0.3, -0.25) is 0 Å². The number of hydrogen-bond acceptors (Lipinski definition) is 6. The Morgan fingerprint density at radius 3 is 1.96 bits per heavy atom. The van der Waals surface area contributed by atoms with E-state index >= 15 is 0 Å². The van der Waals surface area contributed by atoms with Crippen LogP contribution in [0.15, 0.2) is 77.3 Å². The van der Waals surface area contributed by atoms with E-state index in [1.54, 1.807) is 31.4 Å². The Labute approximate surface area is 161 Å². The molecule has 28 heavy (non-hydrogen) atoms. The zero-order valence-corrected chi connectivity index (χ0v) is 15.0. The lowest BCUT2D eigenvalue weighted by atomic mass is 10.1. The molecule has 1 aromatic heterocycles. The number of hydrogen-bond donors (Lipinski definition) is 0. The van der Waals surface area contributed by atoms with E-state index in [-0.39, 0.29) is 0 Å². The van der Waals surface area contributed by atoms with Gasteiger partial charge in [-0.1, -0.05) is 5.16 Å². The summed E-state index contributed by atoms with van der Waals surface area (Å²) in [6.07, 6.45) is 0. The van der Waals surface area contributed by atoms with E-state index in [1.165, 1.54) is 0 Å². The van der Waals surface area contributed by atoms with E-state index < -0.39 is 0 Å². The van der Waals surface area contributed by atoms with Gasteiger partial charge < -0.3 is 14.0 Å². The zero-order valence-electron chi connectivity index (χ0n) is 15.0. The van der Waals surface area contributed by atoms with Crippen molar-refractivity contribution in [3.05, 3.63) is 78.4 Å². The van der Waals surface area contributed by atoms with Crippen molar-refractivity contribution in [2.24, 2.45) is 0 Å². The van der Waals surface area contributed by atoms with E-state index in [1.807, 2.05) is 48.5 Å². The number of nitrogens with zero attached hydrogens (tertiary/aromatic N) is 3. The van der Waals surface area contributed by atoms with E-state index in [0.29, 0.717) is 23.0 Å². The van der Waals surface area contributed by atoms with Gasteiger partial charge in [0.2, 0.25) is 5.82 Å². The van der Waals surface area contributed by atoms with E-state index in [2.05, 4.69) is 16.2 Å². The molecule has 4 rings (SSSR count). The summed E-state index contributed by atoms with van der Waals surface area (Å²) in [7, 11) is 1.62. The fourth-order valence-corrected chi connectivity index (χ4v) is 2.60. The van der Waals surface area contributed by atoms with Crippen molar-refractivity contribution in [2.45, 2.75) is 0 Å². The summed E-state index contributed by atoms with van der Waals surface area (Å²) in [5.41, 5.74) is 2.15. The highest BCUT2D eigenvalue weighted by Crippen LogP contribution is 2.27. The fraction of sp³-hybridized carbons (Fsp3) is 0.0455. The predicted molar refractivity (Wildman–Crippen MR) is 103 cm³/mol. The van der Waals surface area contributed by atoms with Crippen molar-refractivity contribution in [1.82, 2.24) is 10.1 Å². The molecular formula is C22H15N3O3. The molecule has 0 fully saturated rings. The van der Waals surface area contributed by atoms with Crippen LogP contribution in [-0.2, 0) is 0 Å². The summed E-state index contributed by atoms with van der Waals surface area (Å²) in [4.78, 5) is 4.42. The maximum atomic E-state index is 8.87. The van der Waals surface area contributed by atoms with Gasteiger partial charge in [-0.25, -0.2) is 0 Å². The topological polar surface area (TPSA) is 81.2 Å². The summed E-state index contributed by atoms with van der Waals surface area (Å²) < 4.78 is 16.3. The highest BCUT2D eigenvalue weighted by molar-refractivity contribution is 5.61. The lowest BCUT2D eigenvalue weighted by Gasteiger charge is -2.06.